The summed E-state index contributed by atoms with van der Waals surface area (Å²) in [5, 5.41) is 8.93. The number of aliphatic hydroxyl groups excluding tert-OH is 1. The van der Waals surface area contributed by atoms with Gasteiger partial charge in [0.15, 0.2) is 0 Å². The van der Waals surface area contributed by atoms with Gasteiger partial charge in [0, 0.05) is 6.61 Å². The first-order valence-electron chi connectivity index (χ1n) is 5.35. The lowest BCUT2D eigenvalue weighted by molar-refractivity contribution is 0.305. The summed E-state index contributed by atoms with van der Waals surface area (Å²) >= 11 is 0. The molecule has 0 saturated heterocycles. The minimum Gasteiger partial charge on any atom is -0.396 e. The van der Waals surface area contributed by atoms with E-state index in [9.17, 15) is 0 Å². The lowest BCUT2D eigenvalue weighted by Crippen LogP contribution is -2.13. The van der Waals surface area contributed by atoms with Crippen molar-refractivity contribution in [2.45, 2.75) is 32.6 Å². The van der Waals surface area contributed by atoms with Crippen molar-refractivity contribution in [2.24, 2.45) is 0 Å². The standard InChI is InChI=1S/C14H20O/c1-11(9-10-15)12-7-5-6-8-13(12)14(2,3)4/h5-8,15H,1,9-10H2,2-4H3. The van der Waals surface area contributed by atoms with Gasteiger partial charge in [0.05, 0.1) is 0 Å². The molecule has 0 amide bonds. The maximum absolute atomic E-state index is 8.93. The van der Waals surface area contributed by atoms with Gasteiger partial charge in [-0.15, -0.1) is 0 Å². The molecule has 1 aromatic rings. The van der Waals surface area contributed by atoms with E-state index in [1.165, 1.54) is 11.1 Å². The minimum absolute atomic E-state index is 0.120. The Morgan fingerprint density at radius 2 is 1.87 bits per heavy atom. The number of aliphatic hydroxyl groups is 1. The summed E-state index contributed by atoms with van der Waals surface area (Å²) < 4.78 is 0. The largest absolute Gasteiger partial charge is 0.396 e. The molecule has 0 aromatic heterocycles. The Morgan fingerprint density at radius 1 is 1.27 bits per heavy atom. The average Bonchev–Trinajstić information content (AvgIpc) is 2.17. The van der Waals surface area contributed by atoms with E-state index >= 15 is 0 Å². The van der Waals surface area contributed by atoms with Crippen molar-refractivity contribution < 1.29 is 5.11 Å². The molecule has 0 radical (unpaired) electrons. The quantitative estimate of drug-likeness (QED) is 0.800. The van der Waals surface area contributed by atoms with Gasteiger partial charge in [-0.3, -0.25) is 0 Å². The number of benzene rings is 1. The van der Waals surface area contributed by atoms with Gasteiger partial charge in [0.1, 0.15) is 0 Å². The van der Waals surface area contributed by atoms with Crippen molar-refractivity contribution in [2.75, 3.05) is 6.61 Å². The van der Waals surface area contributed by atoms with E-state index in [0.717, 1.165) is 5.57 Å². The Balaban J connectivity index is 3.12. The zero-order chi connectivity index (χ0) is 11.5. The fourth-order valence-electron chi connectivity index (χ4n) is 1.72. The number of hydrogen-bond donors (Lipinski definition) is 1. The summed E-state index contributed by atoms with van der Waals surface area (Å²) in [6.45, 7) is 10.8. The van der Waals surface area contributed by atoms with Gasteiger partial charge in [-0.25, -0.2) is 0 Å². The monoisotopic (exact) mass is 204 g/mol. The highest BCUT2D eigenvalue weighted by atomic mass is 16.2. The highest BCUT2D eigenvalue weighted by Crippen LogP contribution is 2.30. The molecule has 0 aliphatic rings. The summed E-state index contributed by atoms with van der Waals surface area (Å²) in [7, 11) is 0. The molecular weight excluding hydrogens is 184 g/mol. The zero-order valence-corrected chi connectivity index (χ0v) is 9.88. The van der Waals surface area contributed by atoms with E-state index < -0.39 is 0 Å². The first kappa shape index (κ1) is 12.0. The van der Waals surface area contributed by atoms with Crippen molar-refractivity contribution in [3.63, 3.8) is 0 Å². The van der Waals surface area contributed by atoms with Crippen LogP contribution in [0, 0.1) is 0 Å². The van der Waals surface area contributed by atoms with Crippen LogP contribution in [-0.4, -0.2) is 11.7 Å². The van der Waals surface area contributed by atoms with Crippen molar-refractivity contribution >= 4 is 5.57 Å². The van der Waals surface area contributed by atoms with E-state index in [2.05, 4.69) is 45.5 Å². The molecule has 0 unspecified atom stereocenters. The van der Waals surface area contributed by atoms with E-state index in [4.69, 9.17) is 5.11 Å². The molecule has 0 fully saturated rings. The second kappa shape index (κ2) is 4.63. The highest BCUT2D eigenvalue weighted by Gasteiger charge is 2.18. The summed E-state index contributed by atoms with van der Waals surface area (Å²) in [5.74, 6) is 0. The molecule has 0 aliphatic heterocycles. The van der Waals surface area contributed by atoms with Gasteiger partial charge in [0.25, 0.3) is 0 Å². The first-order valence-corrected chi connectivity index (χ1v) is 5.35. The van der Waals surface area contributed by atoms with Crippen LogP contribution in [0.1, 0.15) is 38.3 Å². The topological polar surface area (TPSA) is 20.2 Å². The molecule has 1 rings (SSSR count). The normalized spacial score (nSPS) is 11.5. The predicted octanol–water partition coefficient (Wildman–Crippen LogP) is 3.38. The number of hydrogen-bond acceptors (Lipinski definition) is 1. The Kier molecular flexibility index (Phi) is 3.70. The molecule has 82 valence electrons. The van der Waals surface area contributed by atoms with Crippen LogP contribution in [0.3, 0.4) is 0 Å². The predicted molar refractivity (Wildman–Crippen MR) is 65.9 cm³/mol. The molecule has 1 N–H and O–H groups in total. The van der Waals surface area contributed by atoms with Gasteiger partial charge < -0.3 is 5.11 Å². The molecule has 0 atom stereocenters. The van der Waals surface area contributed by atoms with Crippen LogP contribution in [0.5, 0.6) is 0 Å². The van der Waals surface area contributed by atoms with E-state index in [0.29, 0.717) is 6.42 Å². The third-order valence-electron chi connectivity index (χ3n) is 2.53. The molecule has 0 bridgehead atoms. The van der Waals surface area contributed by atoms with Crippen molar-refractivity contribution in [1.29, 1.82) is 0 Å². The van der Waals surface area contributed by atoms with Crippen LogP contribution >= 0.6 is 0 Å². The lowest BCUT2D eigenvalue weighted by atomic mass is 9.81. The van der Waals surface area contributed by atoms with Crippen molar-refractivity contribution in [3.8, 4) is 0 Å². The fraction of sp³-hybridized carbons (Fsp3) is 0.429. The molecule has 1 aromatic carbocycles. The molecular formula is C14H20O. The zero-order valence-electron chi connectivity index (χ0n) is 9.88. The van der Waals surface area contributed by atoms with Crippen LogP contribution in [-0.2, 0) is 5.41 Å². The molecule has 1 nitrogen and oxygen atoms in total. The highest BCUT2D eigenvalue weighted by molar-refractivity contribution is 5.67. The van der Waals surface area contributed by atoms with Gasteiger partial charge in [-0.1, -0.05) is 51.6 Å². The molecule has 0 spiro atoms. The summed E-state index contributed by atoms with van der Waals surface area (Å²) in [4.78, 5) is 0. The van der Waals surface area contributed by atoms with Crippen LogP contribution in [0.4, 0.5) is 0 Å². The molecule has 0 aliphatic carbocycles. The second-order valence-corrected chi connectivity index (χ2v) is 4.87. The van der Waals surface area contributed by atoms with Crippen molar-refractivity contribution in [1.82, 2.24) is 0 Å². The van der Waals surface area contributed by atoms with E-state index in [1.807, 2.05) is 6.07 Å². The van der Waals surface area contributed by atoms with Crippen LogP contribution < -0.4 is 0 Å². The Hall–Kier alpha value is -1.08. The van der Waals surface area contributed by atoms with Crippen LogP contribution in [0.15, 0.2) is 30.8 Å². The molecule has 1 heteroatoms. The maximum atomic E-state index is 8.93. The minimum atomic E-state index is 0.120. The molecule has 0 heterocycles. The average molecular weight is 204 g/mol. The summed E-state index contributed by atoms with van der Waals surface area (Å²) in [5.41, 5.74) is 3.61. The third kappa shape index (κ3) is 2.93. The summed E-state index contributed by atoms with van der Waals surface area (Å²) in [6, 6.07) is 8.29. The van der Waals surface area contributed by atoms with Crippen LogP contribution in [0.25, 0.3) is 5.57 Å². The lowest BCUT2D eigenvalue weighted by Gasteiger charge is -2.23. The van der Waals surface area contributed by atoms with E-state index in [1.54, 1.807) is 0 Å². The van der Waals surface area contributed by atoms with Gasteiger partial charge in [0.2, 0.25) is 0 Å². The smallest absolute Gasteiger partial charge is 0.0471 e. The van der Waals surface area contributed by atoms with Gasteiger partial charge >= 0.3 is 0 Å². The Morgan fingerprint density at radius 3 is 2.40 bits per heavy atom. The van der Waals surface area contributed by atoms with Crippen LogP contribution in [0.2, 0.25) is 0 Å². The maximum Gasteiger partial charge on any atom is 0.0471 e. The fourth-order valence-corrected chi connectivity index (χ4v) is 1.72. The van der Waals surface area contributed by atoms with Gasteiger partial charge in [-0.2, -0.15) is 0 Å². The number of rotatable bonds is 3. The second-order valence-electron chi connectivity index (χ2n) is 4.87. The van der Waals surface area contributed by atoms with Crippen molar-refractivity contribution in [3.05, 3.63) is 42.0 Å². The Labute approximate surface area is 92.5 Å². The Bertz CT molecular complexity index is 345. The SMILES string of the molecule is C=C(CCO)c1ccccc1C(C)(C)C. The van der Waals surface area contributed by atoms with Gasteiger partial charge in [-0.05, 0) is 28.5 Å². The molecule has 15 heavy (non-hydrogen) atoms. The van der Waals surface area contributed by atoms with E-state index in [-0.39, 0.29) is 12.0 Å². The third-order valence-corrected chi connectivity index (χ3v) is 2.53. The first-order chi connectivity index (χ1) is 6.96. The summed E-state index contributed by atoms with van der Waals surface area (Å²) in [6.07, 6.45) is 0.646. The molecule has 0 saturated carbocycles.